The molecular weight excluding hydrogens is 326 g/mol. The second-order valence-electron chi connectivity index (χ2n) is 9.04. The summed E-state index contributed by atoms with van der Waals surface area (Å²) in [6, 6.07) is 3.46. The predicted octanol–water partition coefficient (Wildman–Crippen LogP) is 7.45. The molecule has 0 spiro atoms. The van der Waals surface area contributed by atoms with E-state index < -0.39 is 11.6 Å². The van der Waals surface area contributed by atoms with Crippen molar-refractivity contribution >= 4 is 5.57 Å². The number of benzene rings is 1. The van der Waals surface area contributed by atoms with Crippen molar-refractivity contribution in [1.29, 1.82) is 0 Å². The molecule has 0 aromatic heterocycles. The Labute approximate surface area is 157 Å². The Kier molecular flexibility index (Phi) is 5.47. The molecule has 0 amide bonds. The molecule has 0 heterocycles. The van der Waals surface area contributed by atoms with Crippen LogP contribution >= 0.6 is 0 Å². The van der Waals surface area contributed by atoms with Crippen LogP contribution in [0, 0.1) is 42.2 Å². The standard InChI is InChI=1S/C24H32F2/c1-16-6-15-22(24(26)23(16)25)21-13-11-20(12-14-21)19-9-7-18(8-10-19)17-4-2-3-5-17/h6,13,15,17-20H,2-5,7-12,14H2,1H3. The zero-order chi connectivity index (χ0) is 18.1. The van der Waals surface area contributed by atoms with E-state index in [-0.39, 0.29) is 0 Å². The molecule has 0 saturated heterocycles. The minimum atomic E-state index is -0.684. The molecule has 26 heavy (non-hydrogen) atoms. The minimum absolute atomic E-state index is 0.388. The van der Waals surface area contributed by atoms with Gasteiger partial charge in [0.25, 0.3) is 0 Å². The molecule has 0 N–H and O–H groups in total. The third-order valence-electron chi connectivity index (χ3n) is 7.62. The number of allylic oxidation sites excluding steroid dienone is 2. The third-order valence-corrected chi connectivity index (χ3v) is 7.62. The van der Waals surface area contributed by atoms with E-state index in [9.17, 15) is 8.78 Å². The molecule has 0 nitrogen and oxygen atoms in total. The molecule has 1 aromatic carbocycles. The summed E-state index contributed by atoms with van der Waals surface area (Å²) >= 11 is 0. The predicted molar refractivity (Wildman–Crippen MR) is 104 cm³/mol. The fourth-order valence-corrected chi connectivity index (χ4v) is 5.94. The van der Waals surface area contributed by atoms with Gasteiger partial charge in [-0.15, -0.1) is 0 Å². The summed E-state index contributed by atoms with van der Waals surface area (Å²) in [5.41, 5.74) is 1.88. The number of halogens is 2. The first-order valence-corrected chi connectivity index (χ1v) is 10.8. The Hall–Kier alpha value is -1.18. The van der Waals surface area contributed by atoms with E-state index in [1.165, 1.54) is 51.4 Å². The lowest BCUT2D eigenvalue weighted by Gasteiger charge is -2.37. The number of hydrogen-bond acceptors (Lipinski definition) is 0. The van der Waals surface area contributed by atoms with Gasteiger partial charge in [0.15, 0.2) is 11.6 Å². The van der Waals surface area contributed by atoms with Crippen LogP contribution in [0.25, 0.3) is 5.57 Å². The first kappa shape index (κ1) is 18.2. The summed E-state index contributed by atoms with van der Waals surface area (Å²) in [5, 5.41) is 0. The SMILES string of the molecule is Cc1ccc(C2=CCC(C3CCC(C4CCCC4)CC3)CC2)c(F)c1F. The molecule has 0 bridgehead atoms. The van der Waals surface area contributed by atoms with Gasteiger partial charge in [0, 0.05) is 5.56 Å². The van der Waals surface area contributed by atoms with Gasteiger partial charge in [0.2, 0.25) is 0 Å². The smallest absolute Gasteiger partial charge is 0.166 e. The van der Waals surface area contributed by atoms with Gasteiger partial charge in [0.1, 0.15) is 0 Å². The topological polar surface area (TPSA) is 0 Å². The largest absolute Gasteiger partial charge is 0.203 e. The maximum absolute atomic E-state index is 14.3. The molecule has 3 aliphatic carbocycles. The van der Waals surface area contributed by atoms with E-state index in [4.69, 9.17) is 0 Å². The number of aryl methyl sites for hydroxylation is 1. The van der Waals surface area contributed by atoms with Crippen molar-refractivity contribution in [3.8, 4) is 0 Å². The lowest BCUT2D eigenvalue weighted by molar-refractivity contribution is 0.158. The van der Waals surface area contributed by atoms with Gasteiger partial charge in [0.05, 0.1) is 0 Å². The second-order valence-corrected chi connectivity index (χ2v) is 9.04. The molecule has 4 rings (SSSR count). The van der Waals surface area contributed by atoms with Crippen molar-refractivity contribution in [3.63, 3.8) is 0 Å². The Balaban J connectivity index is 1.35. The second kappa shape index (κ2) is 7.82. The van der Waals surface area contributed by atoms with Crippen LogP contribution in [-0.4, -0.2) is 0 Å². The van der Waals surface area contributed by atoms with E-state index in [0.717, 1.165) is 48.5 Å². The average molecular weight is 359 g/mol. The van der Waals surface area contributed by atoms with Gasteiger partial charge in [-0.1, -0.05) is 43.9 Å². The van der Waals surface area contributed by atoms with Gasteiger partial charge >= 0.3 is 0 Å². The Morgan fingerprint density at radius 2 is 1.35 bits per heavy atom. The van der Waals surface area contributed by atoms with Crippen LogP contribution in [0.3, 0.4) is 0 Å². The van der Waals surface area contributed by atoms with E-state index in [1.54, 1.807) is 19.1 Å². The van der Waals surface area contributed by atoms with Gasteiger partial charge in [-0.25, -0.2) is 8.78 Å². The van der Waals surface area contributed by atoms with Crippen molar-refractivity contribution in [2.24, 2.45) is 23.7 Å². The van der Waals surface area contributed by atoms with Crippen LogP contribution in [-0.2, 0) is 0 Å². The first-order chi connectivity index (χ1) is 12.6. The molecule has 2 fully saturated rings. The Morgan fingerprint density at radius 3 is 1.96 bits per heavy atom. The maximum atomic E-state index is 14.3. The van der Waals surface area contributed by atoms with E-state index in [2.05, 4.69) is 6.08 Å². The fourth-order valence-electron chi connectivity index (χ4n) is 5.94. The van der Waals surface area contributed by atoms with Crippen molar-refractivity contribution < 1.29 is 8.78 Å². The van der Waals surface area contributed by atoms with Crippen LogP contribution < -0.4 is 0 Å². The highest BCUT2D eigenvalue weighted by molar-refractivity contribution is 5.67. The lowest BCUT2D eigenvalue weighted by Crippen LogP contribution is -2.25. The first-order valence-electron chi connectivity index (χ1n) is 10.8. The van der Waals surface area contributed by atoms with Crippen molar-refractivity contribution in [3.05, 3.63) is 41.0 Å². The molecule has 0 aliphatic heterocycles. The molecule has 0 radical (unpaired) electrons. The molecule has 3 aliphatic rings. The maximum Gasteiger partial charge on any atom is 0.166 e. The van der Waals surface area contributed by atoms with E-state index in [1.807, 2.05) is 0 Å². The summed E-state index contributed by atoms with van der Waals surface area (Å²) in [6.45, 7) is 1.62. The van der Waals surface area contributed by atoms with Crippen LogP contribution in [0.1, 0.15) is 81.8 Å². The zero-order valence-corrected chi connectivity index (χ0v) is 16.1. The highest BCUT2D eigenvalue weighted by Crippen LogP contribution is 2.45. The van der Waals surface area contributed by atoms with Crippen LogP contribution in [0.4, 0.5) is 8.78 Å². The minimum Gasteiger partial charge on any atom is -0.203 e. The van der Waals surface area contributed by atoms with Gasteiger partial charge in [-0.05, 0) is 86.7 Å². The lowest BCUT2D eigenvalue weighted by atomic mass is 9.68. The summed E-state index contributed by atoms with van der Waals surface area (Å²) in [6.07, 6.45) is 16.8. The summed E-state index contributed by atoms with van der Waals surface area (Å²) in [4.78, 5) is 0. The highest BCUT2D eigenvalue weighted by atomic mass is 19.2. The quantitative estimate of drug-likeness (QED) is 0.526. The monoisotopic (exact) mass is 358 g/mol. The van der Waals surface area contributed by atoms with Crippen LogP contribution in [0.2, 0.25) is 0 Å². The third kappa shape index (κ3) is 3.62. The van der Waals surface area contributed by atoms with Gasteiger partial charge < -0.3 is 0 Å². The van der Waals surface area contributed by atoms with E-state index in [0.29, 0.717) is 11.1 Å². The van der Waals surface area contributed by atoms with Crippen molar-refractivity contribution in [2.75, 3.05) is 0 Å². The fraction of sp³-hybridized carbons (Fsp3) is 0.667. The number of hydrogen-bond donors (Lipinski definition) is 0. The Morgan fingerprint density at radius 1 is 0.731 bits per heavy atom. The van der Waals surface area contributed by atoms with Gasteiger partial charge in [-0.3, -0.25) is 0 Å². The molecule has 1 unspecified atom stereocenters. The van der Waals surface area contributed by atoms with E-state index >= 15 is 0 Å². The van der Waals surface area contributed by atoms with Crippen LogP contribution in [0.5, 0.6) is 0 Å². The molecule has 1 atom stereocenters. The summed E-state index contributed by atoms with van der Waals surface area (Å²) in [7, 11) is 0. The average Bonchev–Trinajstić information content (AvgIpc) is 3.22. The highest BCUT2D eigenvalue weighted by Gasteiger charge is 2.33. The van der Waals surface area contributed by atoms with Crippen molar-refractivity contribution in [1.82, 2.24) is 0 Å². The molecule has 142 valence electrons. The summed E-state index contributed by atoms with van der Waals surface area (Å²) in [5.74, 6) is 2.27. The zero-order valence-electron chi connectivity index (χ0n) is 16.1. The Bertz CT molecular complexity index is 661. The van der Waals surface area contributed by atoms with Crippen LogP contribution in [0.15, 0.2) is 18.2 Å². The van der Waals surface area contributed by atoms with Crippen molar-refractivity contribution in [2.45, 2.75) is 77.6 Å². The molecular formula is C24H32F2. The van der Waals surface area contributed by atoms with Gasteiger partial charge in [-0.2, -0.15) is 0 Å². The molecule has 2 saturated carbocycles. The number of rotatable bonds is 3. The summed E-state index contributed by atoms with van der Waals surface area (Å²) < 4.78 is 28.2. The molecule has 2 heteroatoms. The molecule has 1 aromatic rings. The normalized spacial score (nSPS) is 30.4.